The Morgan fingerprint density at radius 3 is 2.68 bits per heavy atom. The molecule has 0 saturated carbocycles. The van der Waals surface area contributed by atoms with E-state index >= 15 is 0 Å². The van der Waals surface area contributed by atoms with Gasteiger partial charge in [0, 0.05) is 25.5 Å². The van der Waals surface area contributed by atoms with E-state index in [1.54, 1.807) is 0 Å². The Morgan fingerprint density at radius 2 is 2.05 bits per heavy atom. The lowest BCUT2D eigenvalue weighted by Gasteiger charge is -2.25. The van der Waals surface area contributed by atoms with Crippen LogP contribution in [0.4, 0.5) is 5.69 Å². The number of aryl methyl sites for hydroxylation is 1. The molecule has 1 aromatic carbocycles. The van der Waals surface area contributed by atoms with Crippen LogP contribution in [-0.2, 0) is 15.0 Å². The summed E-state index contributed by atoms with van der Waals surface area (Å²) in [7, 11) is -0.656. The minimum Gasteiger partial charge on any atom is -0.324 e. The highest BCUT2D eigenvalue weighted by Crippen LogP contribution is 2.27. The number of carbonyl (C=O) groups is 1. The van der Waals surface area contributed by atoms with Gasteiger partial charge < -0.3 is 5.32 Å². The molecule has 0 aromatic heterocycles. The quantitative estimate of drug-likeness (QED) is 0.898. The highest BCUT2D eigenvalue weighted by molar-refractivity contribution is 8.00. The van der Waals surface area contributed by atoms with Gasteiger partial charge in [-0.1, -0.05) is 12.1 Å². The Morgan fingerprint density at radius 1 is 1.36 bits per heavy atom. The van der Waals surface area contributed by atoms with Gasteiger partial charge in [0.2, 0.25) is 5.91 Å². The maximum atomic E-state index is 12.5. The molecule has 2 rings (SSSR count). The first-order chi connectivity index (χ1) is 10.2. The molecular weight excluding hydrogens is 322 g/mol. The predicted molar refractivity (Wildman–Crippen MR) is 90.1 cm³/mol. The van der Waals surface area contributed by atoms with E-state index < -0.39 is 16.3 Å². The topological polar surface area (TPSA) is 69.7 Å². The summed E-state index contributed by atoms with van der Waals surface area (Å²) in [4.78, 5) is 12.5. The number of benzene rings is 1. The molecule has 1 amide bonds. The fourth-order valence-electron chi connectivity index (χ4n) is 2.17. The number of amides is 1. The van der Waals surface area contributed by atoms with Crippen molar-refractivity contribution < 1.29 is 13.2 Å². The number of rotatable bonds is 4. The highest BCUT2D eigenvalue weighted by Gasteiger charge is 2.40. The van der Waals surface area contributed by atoms with Crippen molar-refractivity contribution in [2.45, 2.75) is 19.9 Å². The predicted octanol–water partition coefficient (Wildman–Crippen LogP) is 1.42. The molecule has 0 radical (unpaired) electrons. The molecule has 0 unspecified atom stereocenters. The van der Waals surface area contributed by atoms with Crippen molar-refractivity contribution in [1.82, 2.24) is 8.61 Å². The normalized spacial score (nSPS) is 19.6. The molecule has 1 atom stereocenters. The third kappa shape index (κ3) is 3.29. The molecule has 1 saturated heterocycles. The van der Waals surface area contributed by atoms with Crippen molar-refractivity contribution in [1.29, 1.82) is 0 Å². The molecule has 1 aliphatic rings. The molecule has 0 bridgehead atoms. The first kappa shape index (κ1) is 17.3. The SMILES string of the molecule is Cc1cccc(NC(=O)[C@H]2CSCN2S(=O)(=O)N(C)C)c1C. The molecular formula is C14H21N3O3S2. The van der Waals surface area contributed by atoms with Gasteiger partial charge in [0.25, 0.3) is 10.2 Å². The lowest BCUT2D eigenvalue weighted by molar-refractivity contribution is -0.118. The van der Waals surface area contributed by atoms with Crippen LogP contribution in [0.1, 0.15) is 11.1 Å². The standard InChI is InChI=1S/C14H21N3O3S2/c1-10-6-5-7-12(11(10)2)15-14(18)13-8-21-9-17(13)22(19,20)16(3)4/h5-7,13H,8-9H2,1-4H3,(H,15,18)/t13-/m1/s1. The van der Waals surface area contributed by atoms with Crippen molar-refractivity contribution in [2.24, 2.45) is 0 Å². The second-order valence-electron chi connectivity index (χ2n) is 5.43. The Labute approximate surface area is 136 Å². The van der Waals surface area contributed by atoms with Crippen LogP contribution in [0.25, 0.3) is 0 Å². The summed E-state index contributed by atoms with van der Waals surface area (Å²) in [6.07, 6.45) is 0. The van der Waals surface area contributed by atoms with E-state index in [-0.39, 0.29) is 5.91 Å². The lowest BCUT2D eigenvalue weighted by Crippen LogP contribution is -2.48. The number of anilines is 1. The van der Waals surface area contributed by atoms with Gasteiger partial charge in [-0.2, -0.15) is 17.0 Å². The fraction of sp³-hybridized carbons (Fsp3) is 0.500. The van der Waals surface area contributed by atoms with Crippen LogP contribution in [0.5, 0.6) is 0 Å². The molecule has 1 N–H and O–H groups in total. The van der Waals surface area contributed by atoms with E-state index in [0.29, 0.717) is 11.6 Å². The van der Waals surface area contributed by atoms with E-state index in [4.69, 9.17) is 0 Å². The van der Waals surface area contributed by atoms with Crippen LogP contribution in [0, 0.1) is 13.8 Å². The molecule has 0 spiro atoms. The zero-order valence-electron chi connectivity index (χ0n) is 13.2. The number of hydrogen-bond acceptors (Lipinski definition) is 4. The number of thioether (sulfide) groups is 1. The minimum absolute atomic E-state index is 0.288. The maximum Gasteiger partial charge on any atom is 0.282 e. The lowest BCUT2D eigenvalue weighted by atomic mass is 10.1. The van der Waals surface area contributed by atoms with Crippen LogP contribution in [-0.4, -0.2) is 54.7 Å². The Kier molecular flexibility index (Phi) is 5.16. The van der Waals surface area contributed by atoms with E-state index in [0.717, 1.165) is 21.1 Å². The molecule has 1 aromatic rings. The van der Waals surface area contributed by atoms with Gasteiger partial charge in [0.05, 0.1) is 5.88 Å². The van der Waals surface area contributed by atoms with Gasteiger partial charge in [-0.3, -0.25) is 4.79 Å². The second kappa shape index (κ2) is 6.57. The largest absolute Gasteiger partial charge is 0.324 e. The summed E-state index contributed by atoms with van der Waals surface area (Å²) in [5.74, 6) is 0.471. The minimum atomic E-state index is -3.60. The summed E-state index contributed by atoms with van der Waals surface area (Å²) in [6.45, 7) is 3.90. The smallest absolute Gasteiger partial charge is 0.282 e. The monoisotopic (exact) mass is 343 g/mol. The molecule has 0 aliphatic carbocycles. The average molecular weight is 343 g/mol. The molecule has 6 nitrogen and oxygen atoms in total. The second-order valence-corrected chi connectivity index (χ2v) is 8.52. The fourth-order valence-corrected chi connectivity index (χ4v) is 4.96. The molecule has 122 valence electrons. The highest BCUT2D eigenvalue weighted by atomic mass is 32.2. The van der Waals surface area contributed by atoms with Crippen molar-refractivity contribution >= 4 is 33.6 Å². The van der Waals surface area contributed by atoms with E-state index in [1.165, 1.54) is 30.2 Å². The third-order valence-corrected chi connectivity index (χ3v) is 6.84. The zero-order chi connectivity index (χ0) is 16.5. The molecule has 8 heteroatoms. The van der Waals surface area contributed by atoms with Gasteiger partial charge in [-0.15, -0.1) is 11.8 Å². The number of nitrogens with zero attached hydrogens (tertiary/aromatic N) is 2. The van der Waals surface area contributed by atoms with Gasteiger partial charge in [0.1, 0.15) is 6.04 Å². The molecule has 1 aliphatic heterocycles. The van der Waals surface area contributed by atoms with Crippen LogP contribution in [0.2, 0.25) is 0 Å². The summed E-state index contributed by atoms with van der Waals surface area (Å²) < 4.78 is 26.9. The van der Waals surface area contributed by atoms with Crippen molar-refractivity contribution in [3.63, 3.8) is 0 Å². The number of nitrogens with one attached hydrogen (secondary N) is 1. The number of hydrogen-bond donors (Lipinski definition) is 1. The summed E-state index contributed by atoms with van der Waals surface area (Å²) >= 11 is 1.44. The molecule has 22 heavy (non-hydrogen) atoms. The molecule has 1 fully saturated rings. The van der Waals surface area contributed by atoms with Crippen LogP contribution in [0.3, 0.4) is 0 Å². The van der Waals surface area contributed by atoms with Crippen molar-refractivity contribution in [3.8, 4) is 0 Å². The van der Waals surface area contributed by atoms with Gasteiger partial charge in [0.15, 0.2) is 0 Å². The maximum absolute atomic E-state index is 12.5. The van der Waals surface area contributed by atoms with E-state index in [2.05, 4.69) is 5.32 Å². The van der Waals surface area contributed by atoms with Gasteiger partial charge in [-0.05, 0) is 31.0 Å². The zero-order valence-corrected chi connectivity index (χ0v) is 14.8. The molecule has 1 heterocycles. The summed E-state index contributed by atoms with van der Waals surface area (Å²) in [5.41, 5.74) is 2.80. The van der Waals surface area contributed by atoms with E-state index in [1.807, 2.05) is 32.0 Å². The van der Waals surface area contributed by atoms with Gasteiger partial charge in [-0.25, -0.2) is 0 Å². The Hall–Kier alpha value is -1.09. The van der Waals surface area contributed by atoms with Crippen LogP contribution < -0.4 is 5.32 Å². The third-order valence-electron chi connectivity index (χ3n) is 3.76. The first-order valence-corrected chi connectivity index (χ1v) is 9.44. The Balaban J connectivity index is 2.20. The van der Waals surface area contributed by atoms with Crippen molar-refractivity contribution in [3.05, 3.63) is 29.3 Å². The Bertz CT molecular complexity index is 674. The summed E-state index contributed by atoms with van der Waals surface area (Å²) in [5, 5.41) is 2.86. The summed E-state index contributed by atoms with van der Waals surface area (Å²) in [6, 6.07) is 4.99. The van der Waals surface area contributed by atoms with Crippen molar-refractivity contribution in [2.75, 3.05) is 31.0 Å². The number of carbonyl (C=O) groups excluding carboxylic acids is 1. The average Bonchev–Trinajstić information content (AvgIpc) is 2.93. The van der Waals surface area contributed by atoms with Gasteiger partial charge >= 0.3 is 0 Å². The van der Waals surface area contributed by atoms with Crippen LogP contribution >= 0.6 is 11.8 Å². The van der Waals surface area contributed by atoms with Crippen LogP contribution in [0.15, 0.2) is 18.2 Å². The van der Waals surface area contributed by atoms with E-state index in [9.17, 15) is 13.2 Å². The first-order valence-electron chi connectivity index (χ1n) is 6.89.